The fraction of sp³-hybridized carbons (Fsp3) is 0.596. The second kappa shape index (κ2) is 18.4. The van der Waals surface area contributed by atoms with Crippen LogP contribution < -0.4 is 14.4 Å². The number of aromatic nitrogens is 2. The summed E-state index contributed by atoms with van der Waals surface area (Å²) < 4.78 is 95.6. The van der Waals surface area contributed by atoms with Crippen molar-refractivity contribution in [2.75, 3.05) is 4.90 Å². The summed E-state index contributed by atoms with van der Waals surface area (Å²) in [5, 5.41) is 0. The van der Waals surface area contributed by atoms with Gasteiger partial charge in [0, 0.05) is 42.3 Å². The zero-order chi connectivity index (χ0) is 47.1. The second-order valence-corrected chi connectivity index (χ2v) is 18.9. The first kappa shape index (κ1) is 48.4. The van der Waals surface area contributed by atoms with Crippen molar-refractivity contribution in [3.05, 3.63) is 70.3 Å². The molecule has 2 aromatic carbocycles. The number of hydrogen-bond acceptors (Lipinski definition) is 7. The minimum absolute atomic E-state index is 0.0206. The molecule has 2 aliphatic carbocycles. The van der Waals surface area contributed by atoms with Gasteiger partial charge in [-0.15, -0.1) is 0 Å². The van der Waals surface area contributed by atoms with E-state index < -0.39 is 63.5 Å². The molecule has 64 heavy (non-hydrogen) atoms. The first-order chi connectivity index (χ1) is 29.8. The van der Waals surface area contributed by atoms with Gasteiger partial charge in [-0.25, -0.2) is 4.98 Å². The number of nitrogens with one attached hydrogen (secondary N) is 1. The lowest BCUT2D eigenvalue weighted by atomic mass is 9.89. The maximum Gasteiger partial charge on any atom is 0.417 e. The number of imidazole rings is 1. The molecule has 350 valence electrons. The Kier molecular flexibility index (Phi) is 13.9. The summed E-state index contributed by atoms with van der Waals surface area (Å²) in [5.74, 6) is -2.03. The van der Waals surface area contributed by atoms with Crippen LogP contribution in [0.2, 0.25) is 0 Å². The fourth-order valence-electron chi connectivity index (χ4n) is 9.35. The average molecular weight is 904 g/mol. The number of alkyl halides is 6. The van der Waals surface area contributed by atoms with Crippen molar-refractivity contribution in [1.82, 2.24) is 19.8 Å². The normalized spacial score (nSPS) is 19.0. The van der Waals surface area contributed by atoms with Gasteiger partial charge in [-0.05, 0) is 105 Å². The van der Waals surface area contributed by atoms with Crippen LogP contribution in [0.5, 0.6) is 11.5 Å². The predicted molar refractivity (Wildman–Crippen MR) is 227 cm³/mol. The minimum Gasteiger partial charge on any atom is -0.480 e. The number of benzene rings is 2. The number of halogens is 6. The van der Waals surface area contributed by atoms with E-state index in [0.717, 1.165) is 76.3 Å². The Balaban J connectivity index is 0.000000216. The van der Waals surface area contributed by atoms with Gasteiger partial charge in [0.15, 0.2) is 17.0 Å². The van der Waals surface area contributed by atoms with Crippen LogP contribution in [0.25, 0.3) is 0 Å². The number of rotatable bonds is 8. The zero-order valence-corrected chi connectivity index (χ0v) is 37.8. The van der Waals surface area contributed by atoms with E-state index in [0.29, 0.717) is 11.3 Å². The molecule has 0 unspecified atom stereocenters. The maximum absolute atomic E-state index is 14.2. The van der Waals surface area contributed by atoms with Crippen molar-refractivity contribution in [3.8, 4) is 11.5 Å². The maximum atomic E-state index is 14.2. The SMILES string of the molecule is CC(C)N(C(=O)c1cc2c(cc1C(F)(F)F)OC(C)(C)C(=O)C2)C1CCCCC1.CC(C)N(C(=O)c1cc2c(cc1C(F)(F)F)OC(C)(C)C(=O)N2Cc1cnc[nH]1)C1CCCCC1. The molecule has 2 aliphatic heterocycles. The molecule has 2 fully saturated rings. The summed E-state index contributed by atoms with van der Waals surface area (Å²) in [6.45, 7) is 13.4. The van der Waals surface area contributed by atoms with Crippen molar-refractivity contribution in [1.29, 1.82) is 0 Å². The first-order valence-corrected chi connectivity index (χ1v) is 22.2. The number of ether oxygens (including phenoxy) is 2. The first-order valence-electron chi connectivity index (χ1n) is 22.2. The molecule has 0 bridgehead atoms. The summed E-state index contributed by atoms with van der Waals surface area (Å²) >= 11 is 0. The smallest absolute Gasteiger partial charge is 0.417 e. The number of fused-ring (bicyclic) bond motifs is 2. The van der Waals surface area contributed by atoms with Crippen molar-refractivity contribution in [2.45, 2.75) is 180 Å². The molecule has 2 saturated carbocycles. The molecular formula is C47H59F6N5O6. The van der Waals surface area contributed by atoms with E-state index in [1.807, 2.05) is 27.7 Å². The highest BCUT2D eigenvalue weighted by atomic mass is 19.4. The molecule has 0 atom stereocenters. The van der Waals surface area contributed by atoms with E-state index in [1.54, 1.807) is 9.80 Å². The van der Waals surface area contributed by atoms with Gasteiger partial charge < -0.3 is 24.3 Å². The van der Waals surface area contributed by atoms with Gasteiger partial charge >= 0.3 is 12.4 Å². The third-order valence-corrected chi connectivity index (χ3v) is 12.6. The topological polar surface area (TPSA) is 125 Å². The molecule has 1 aromatic heterocycles. The zero-order valence-electron chi connectivity index (χ0n) is 37.8. The van der Waals surface area contributed by atoms with Crippen LogP contribution in [0, 0.1) is 0 Å². The third kappa shape index (κ3) is 10.2. The summed E-state index contributed by atoms with van der Waals surface area (Å²) in [6.07, 6.45) is 2.53. The predicted octanol–water partition coefficient (Wildman–Crippen LogP) is 10.5. The van der Waals surface area contributed by atoms with Crippen molar-refractivity contribution in [2.24, 2.45) is 0 Å². The number of anilines is 1. The number of amides is 3. The second-order valence-electron chi connectivity index (χ2n) is 18.9. The molecule has 3 heterocycles. The van der Waals surface area contributed by atoms with E-state index in [4.69, 9.17) is 9.47 Å². The molecular weight excluding hydrogens is 845 g/mol. The van der Waals surface area contributed by atoms with Crippen molar-refractivity contribution < 1.29 is 55.0 Å². The van der Waals surface area contributed by atoms with Gasteiger partial charge in [0.2, 0.25) is 0 Å². The molecule has 0 spiro atoms. The molecule has 3 aromatic rings. The van der Waals surface area contributed by atoms with Gasteiger partial charge in [-0.1, -0.05) is 38.5 Å². The molecule has 11 nitrogen and oxygen atoms in total. The van der Waals surface area contributed by atoms with Crippen LogP contribution in [-0.2, 0) is 34.9 Å². The highest BCUT2D eigenvalue weighted by Crippen LogP contribution is 2.46. The number of Topliss-reactive ketones (excluding diaryl/α,β-unsaturated/α-hetero) is 1. The Morgan fingerprint density at radius 2 is 1.20 bits per heavy atom. The number of ketones is 1. The molecule has 3 amide bonds. The molecule has 7 rings (SSSR count). The van der Waals surface area contributed by atoms with E-state index >= 15 is 0 Å². The lowest BCUT2D eigenvalue weighted by Crippen LogP contribution is -2.52. The van der Waals surface area contributed by atoms with E-state index in [1.165, 1.54) is 57.3 Å². The monoisotopic (exact) mass is 903 g/mol. The Hall–Kier alpha value is -5.09. The number of hydrogen-bond donors (Lipinski definition) is 1. The van der Waals surface area contributed by atoms with Gasteiger partial charge in [0.05, 0.1) is 46.5 Å². The Labute approximate surface area is 370 Å². The Morgan fingerprint density at radius 1 is 0.734 bits per heavy atom. The summed E-state index contributed by atoms with van der Waals surface area (Å²) in [7, 11) is 0. The van der Waals surface area contributed by atoms with Crippen LogP contribution >= 0.6 is 0 Å². The number of nitrogens with zero attached hydrogens (tertiary/aromatic N) is 4. The summed E-state index contributed by atoms with van der Waals surface area (Å²) in [5.41, 5.74) is -4.44. The van der Waals surface area contributed by atoms with Gasteiger partial charge in [0.25, 0.3) is 17.7 Å². The van der Waals surface area contributed by atoms with Crippen LogP contribution in [0.1, 0.15) is 163 Å². The average Bonchev–Trinajstić information content (AvgIpc) is 3.72. The van der Waals surface area contributed by atoms with E-state index in [9.17, 15) is 45.5 Å². The Morgan fingerprint density at radius 3 is 1.66 bits per heavy atom. The van der Waals surface area contributed by atoms with Gasteiger partial charge in [-0.2, -0.15) is 26.3 Å². The number of carbonyl (C=O) groups excluding carboxylic acids is 4. The summed E-state index contributed by atoms with van der Waals surface area (Å²) in [4.78, 5) is 64.0. The van der Waals surface area contributed by atoms with Crippen LogP contribution in [0.3, 0.4) is 0 Å². The molecule has 4 aliphatic rings. The van der Waals surface area contributed by atoms with Crippen LogP contribution in [-0.4, -0.2) is 78.6 Å². The van der Waals surface area contributed by atoms with Crippen molar-refractivity contribution >= 4 is 29.2 Å². The van der Waals surface area contributed by atoms with Gasteiger partial charge in [-0.3, -0.25) is 24.1 Å². The minimum atomic E-state index is -4.78. The molecule has 17 heteroatoms. The van der Waals surface area contributed by atoms with Crippen LogP contribution in [0.4, 0.5) is 32.0 Å². The molecule has 1 N–H and O–H groups in total. The lowest BCUT2D eigenvalue weighted by molar-refractivity contribution is -0.139. The Bertz CT molecular complexity index is 2210. The van der Waals surface area contributed by atoms with Gasteiger partial charge in [0.1, 0.15) is 11.5 Å². The quantitative estimate of drug-likeness (QED) is 0.223. The number of H-pyrrole nitrogens is 1. The highest BCUT2D eigenvalue weighted by molar-refractivity contribution is 6.05. The fourth-order valence-corrected chi connectivity index (χ4v) is 9.35. The highest BCUT2D eigenvalue weighted by Gasteiger charge is 2.46. The van der Waals surface area contributed by atoms with Crippen molar-refractivity contribution in [3.63, 3.8) is 0 Å². The third-order valence-electron chi connectivity index (χ3n) is 12.6. The molecule has 0 saturated heterocycles. The molecule has 0 radical (unpaired) electrons. The lowest BCUT2D eigenvalue weighted by Gasteiger charge is -2.40. The largest absolute Gasteiger partial charge is 0.480 e. The van der Waals surface area contributed by atoms with Crippen LogP contribution in [0.15, 0.2) is 36.8 Å². The van der Waals surface area contributed by atoms with E-state index in [-0.39, 0.29) is 60.1 Å². The standard InChI is InChI=1S/C25H31F3N4O3.C22H28F3NO3/c1-15(2)32(17-8-6-5-7-9-17)22(33)18-10-20-21(11-19(18)25(26,27)28)35-24(3,4)23(34)31(20)13-16-12-29-14-30-16;1-13(2)26(15-8-6-5-7-9-15)20(28)16-10-14-11-19(27)21(3,4)29-18(14)12-17(16)22(23,24)25/h10-12,14-15,17H,5-9,13H2,1-4H3,(H,29,30);10,12-13,15H,5-9,11H2,1-4H3. The number of carbonyl (C=O) groups is 4. The summed E-state index contributed by atoms with van der Waals surface area (Å²) in [6, 6.07) is 3.44. The van der Waals surface area contributed by atoms with E-state index in [2.05, 4.69) is 9.97 Å². The number of aromatic amines is 1.